The molecule has 1 atom stereocenters. The molecule has 1 N–H and O–H groups in total. The first-order valence-electron chi connectivity index (χ1n) is 6.88. The largest absolute Gasteiger partial charge is 0.280 e. The molecule has 0 fully saturated rings. The molecule has 0 aliphatic carbocycles. The molecule has 0 bridgehead atoms. The van der Waals surface area contributed by atoms with Crippen molar-refractivity contribution < 1.29 is 17.0 Å². The van der Waals surface area contributed by atoms with E-state index in [-0.39, 0.29) is 21.5 Å². The van der Waals surface area contributed by atoms with Gasteiger partial charge < -0.3 is 0 Å². The maximum atomic E-state index is 13.8. The molecular weight excluding hydrogens is 351 g/mol. The second-order valence-electron chi connectivity index (χ2n) is 5.03. The first-order valence-corrected chi connectivity index (χ1v) is 9.92. The molecule has 0 radical (unpaired) electrons. The summed E-state index contributed by atoms with van der Waals surface area (Å²) in [5, 5.41) is 0.195. The number of hydrogen-bond donors (Lipinski definition) is 1. The quantitative estimate of drug-likeness (QED) is 0.772. The van der Waals surface area contributed by atoms with Crippen LogP contribution in [0.1, 0.15) is 0 Å². The fourth-order valence-corrected chi connectivity index (χ4v) is 4.11. The number of nitrogens with one attached hydrogen (secondary N) is 1. The predicted octanol–water partition coefficient (Wildman–Crippen LogP) is 2.91. The number of aromatic nitrogens is 1. The minimum atomic E-state index is -3.95. The number of nitrogens with zero attached hydrogens (tertiary/aromatic N) is 1. The highest BCUT2D eigenvalue weighted by atomic mass is 32.2. The van der Waals surface area contributed by atoms with Crippen LogP contribution >= 0.6 is 0 Å². The smallest absolute Gasteiger partial charge is 0.262 e. The van der Waals surface area contributed by atoms with E-state index in [2.05, 4.69) is 9.71 Å². The normalized spacial score (nSPS) is 12.9. The maximum absolute atomic E-state index is 13.8. The molecule has 0 amide bonds. The van der Waals surface area contributed by atoms with Gasteiger partial charge >= 0.3 is 0 Å². The summed E-state index contributed by atoms with van der Waals surface area (Å²) >= 11 is 0. The number of hydrogen-bond acceptors (Lipinski definition) is 4. The van der Waals surface area contributed by atoms with Crippen molar-refractivity contribution in [2.75, 3.05) is 11.0 Å². The first kappa shape index (κ1) is 16.5. The lowest BCUT2D eigenvalue weighted by molar-refractivity contribution is 0.601. The van der Waals surface area contributed by atoms with Crippen LogP contribution in [0.4, 0.5) is 10.1 Å². The van der Waals surface area contributed by atoms with E-state index in [4.69, 9.17) is 0 Å². The molecule has 0 aliphatic rings. The number of halogens is 1. The number of pyridine rings is 1. The Kier molecular flexibility index (Phi) is 4.33. The molecule has 2 aromatic carbocycles. The third-order valence-electron chi connectivity index (χ3n) is 3.39. The topological polar surface area (TPSA) is 76.1 Å². The van der Waals surface area contributed by atoms with E-state index in [9.17, 15) is 17.0 Å². The summed E-state index contributed by atoms with van der Waals surface area (Å²) in [7, 11) is -5.19. The van der Waals surface area contributed by atoms with E-state index in [1.807, 2.05) is 0 Å². The van der Waals surface area contributed by atoms with Crippen LogP contribution in [-0.2, 0) is 20.8 Å². The van der Waals surface area contributed by atoms with Crippen LogP contribution in [0.15, 0.2) is 64.5 Å². The SMILES string of the molecule is CS(=O)c1cccc(NS(=O)(=O)c2ccc(F)c3ncccc23)c1. The highest BCUT2D eigenvalue weighted by Crippen LogP contribution is 2.26. The fraction of sp³-hybridized carbons (Fsp3) is 0.0625. The summed E-state index contributed by atoms with van der Waals surface area (Å²) in [6.45, 7) is 0. The molecule has 3 rings (SSSR count). The first-order chi connectivity index (χ1) is 11.4. The number of sulfonamides is 1. The zero-order valence-electron chi connectivity index (χ0n) is 12.6. The van der Waals surface area contributed by atoms with Crippen molar-refractivity contribution >= 4 is 37.4 Å². The third-order valence-corrected chi connectivity index (χ3v) is 5.75. The van der Waals surface area contributed by atoms with Crippen molar-refractivity contribution in [2.45, 2.75) is 9.79 Å². The van der Waals surface area contributed by atoms with Gasteiger partial charge in [-0.3, -0.25) is 13.9 Å². The summed E-state index contributed by atoms with van der Waals surface area (Å²) in [6, 6.07) is 11.6. The molecule has 24 heavy (non-hydrogen) atoms. The number of benzene rings is 2. The highest BCUT2D eigenvalue weighted by Gasteiger charge is 2.19. The van der Waals surface area contributed by atoms with E-state index < -0.39 is 26.6 Å². The number of rotatable bonds is 4. The molecular formula is C16H13FN2O3S2. The van der Waals surface area contributed by atoms with Gasteiger partial charge in [-0.2, -0.15) is 0 Å². The monoisotopic (exact) mass is 364 g/mol. The van der Waals surface area contributed by atoms with E-state index in [1.54, 1.807) is 24.3 Å². The Labute approximate surface area is 141 Å². The van der Waals surface area contributed by atoms with Crippen molar-refractivity contribution in [1.29, 1.82) is 0 Å². The van der Waals surface area contributed by atoms with Crippen molar-refractivity contribution in [2.24, 2.45) is 0 Å². The van der Waals surface area contributed by atoms with Crippen LogP contribution < -0.4 is 4.72 Å². The molecule has 0 aliphatic heterocycles. The minimum Gasteiger partial charge on any atom is -0.280 e. The third kappa shape index (κ3) is 3.15. The van der Waals surface area contributed by atoms with Crippen LogP contribution in [0.5, 0.6) is 0 Å². The zero-order chi connectivity index (χ0) is 17.3. The molecule has 124 valence electrons. The van der Waals surface area contributed by atoms with Gasteiger partial charge in [-0.15, -0.1) is 0 Å². The molecule has 8 heteroatoms. The Morgan fingerprint density at radius 2 is 1.92 bits per heavy atom. The molecule has 3 aromatic rings. The summed E-state index contributed by atoms with van der Waals surface area (Å²) in [5.41, 5.74) is 0.271. The van der Waals surface area contributed by atoms with Crippen LogP contribution in [-0.4, -0.2) is 23.9 Å². The van der Waals surface area contributed by atoms with Gasteiger partial charge in [0.05, 0.1) is 10.6 Å². The van der Waals surface area contributed by atoms with Gasteiger partial charge in [0.1, 0.15) is 11.3 Å². The van der Waals surface area contributed by atoms with Crippen molar-refractivity contribution in [3.05, 3.63) is 60.5 Å². The van der Waals surface area contributed by atoms with E-state index in [0.29, 0.717) is 4.90 Å². The Hall–Kier alpha value is -2.32. The van der Waals surface area contributed by atoms with Crippen molar-refractivity contribution in [3.63, 3.8) is 0 Å². The molecule has 1 heterocycles. The summed E-state index contributed by atoms with van der Waals surface area (Å²) in [5.74, 6) is -0.590. The average Bonchev–Trinajstić information content (AvgIpc) is 2.55. The summed E-state index contributed by atoms with van der Waals surface area (Å²) in [4.78, 5) is 4.32. The van der Waals surface area contributed by atoms with Gasteiger partial charge in [-0.05, 0) is 42.5 Å². The Bertz CT molecular complexity index is 1050. The van der Waals surface area contributed by atoms with Gasteiger partial charge in [-0.25, -0.2) is 12.8 Å². The molecule has 0 saturated carbocycles. The van der Waals surface area contributed by atoms with Gasteiger partial charge in [0.15, 0.2) is 0 Å². The summed E-state index contributed by atoms with van der Waals surface area (Å²) in [6.07, 6.45) is 2.90. The lowest BCUT2D eigenvalue weighted by Gasteiger charge is -2.11. The molecule has 0 saturated heterocycles. The Balaban J connectivity index is 2.08. The van der Waals surface area contributed by atoms with Crippen LogP contribution in [0.3, 0.4) is 0 Å². The van der Waals surface area contributed by atoms with E-state index in [0.717, 1.165) is 6.07 Å². The van der Waals surface area contributed by atoms with Crippen LogP contribution in [0.25, 0.3) is 10.9 Å². The number of fused-ring (bicyclic) bond motifs is 1. The number of anilines is 1. The van der Waals surface area contributed by atoms with Gasteiger partial charge in [0, 0.05) is 33.5 Å². The highest BCUT2D eigenvalue weighted by molar-refractivity contribution is 7.93. The lowest BCUT2D eigenvalue weighted by atomic mass is 10.2. The van der Waals surface area contributed by atoms with Crippen LogP contribution in [0.2, 0.25) is 0 Å². The van der Waals surface area contributed by atoms with Gasteiger partial charge in [0.25, 0.3) is 10.0 Å². The van der Waals surface area contributed by atoms with Crippen LogP contribution in [0, 0.1) is 5.82 Å². The maximum Gasteiger partial charge on any atom is 0.262 e. The molecule has 1 aromatic heterocycles. The fourth-order valence-electron chi connectivity index (χ4n) is 2.29. The van der Waals surface area contributed by atoms with Crippen molar-refractivity contribution in [3.8, 4) is 0 Å². The standard InChI is InChI=1S/C16H13FN2O3S2/c1-23(20)12-5-2-4-11(10-12)19-24(21,22)15-8-7-14(17)16-13(15)6-3-9-18-16/h2-10,19H,1H3. The average molecular weight is 364 g/mol. The summed E-state index contributed by atoms with van der Waals surface area (Å²) < 4.78 is 53.1. The Morgan fingerprint density at radius 3 is 2.67 bits per heavy atom. The lowest BCUT2D eigenvalue weighted by Crippen LogP contribution is -2.14. The van der Waals surface area contributed by atoms with E-state index >= 15 is 0 Å². The molecule has 1 unspecified atom stereocenters. The second-order valence-corrected chi connectivity index (χ2v) is 8.06. The molecule has 5 nitrogen and oxygen atoms in total. The predicted molar refractivity (Wildman–Crippen MR) is 91.3 cm³/mol. The molecule has 0 spiro atoms. The van der Waals surface area contributed by atoms with E-state index in [1.165, 1.54) is 30.7 Å². The van der Waals surface area contributed by atoms with Crippen molar-refractivity contribution in [1.82, 2.24) is 4.98 Å². The Morgan fingerprint density at radius 1 is 1.12 bits per heavy atom. The second kappa shape index (κ2) is 6.29. The van der Waals surface area contributed by atoms with Gasteiger partial charge in [0.2, 0.25) is 0 Å². The zero-order valence-corrected chi connectivity index (χ0v) is 14.2. The van der Waals surface area contributed by atoms with Gasteiger partial charge in [-0.1, -0.05) is 6.07 Å². The minimum absolute atomic E-state index is 0.0104.